The zero-order chi connectivity index (χ0) is 18.6. The summed E-state index contributed by atoms with van der Waals surface area (Å²) in [6.45, 7) is 3.66. The summed E-state index contributed by atoms with van der Waals surface area (Å²) >= 11 is 0. The average molecular weight is 356 g/mol. The number of aromatic nitrogens is 2. The van der Waals surface area contributed by atoms with E-state index in [1.165, 1.54) is 24.3 Å². The number of nitrogens with zero attached hydrogens (tertiary/aromatic N) is 3. The van der Waals surface area contributed by atoms with Crippen molar-refractivity contribution in [2.24, 2.45) is 5.92 Å². The summed E-state index contributed by atoms with van der Waals surface area (Å²) in [5, 5.41) is 13.3. The van der Waals surface area contributed by atoms with Gasteiger partial charge in [-0.05, 0) is 18.1 Å². The lowest BCUT2D eigenvalue weighted by Gasteiger charge is -2.15. The molecule has 0 aliphatic carbocycles. The van der Waals surface area contributed by atoms with Crippen LogP contribution in [0.1, 0.15) is 19.4 Å². The number of anilines is 2. The van der Waals surface area contributed by atoms with Gasteiger partial charge in [0.15, 0.2) is 0 Å². The number of halogens is 3. The van der Waals surface area contributed by atoms with Crippen LogP contribution in [0, 0.1) is 16.0 Å². The highest BCUT2D eigenvalue weighted by Gasteiger charge is 2.36. The quantitative estimate of drug-likeness (QED) is 0.617. The van der Waals surface area contributed by atoms with Gasteiger partial charge in [-0.15, -0.1) is 0 Å². The lowest BCUT2D eigenvalue weighted by molar-refractivity contribution is -0.384. The summed E-state index contributed by atoms with van der Waals surface area (Å²) in [4.78, 5) is 17.4. The van der Waals surface area contributed by atoms with Crippen LogP contribution in [0.2, 0.25) is 0 Å². The predicted octanol–water partition coefficient (Wildman–Crippen LogP) is 4.18. The minimum atomic E-state index is -4.64. The number of hydrogen-bond acceptors (Lipinski definition) is 6. The van der Waals surface area contributed by atoms with E-state index in [1.54, 1.807) is 13.8 Å². The second-order valence-corrected chi connectivity index (χ2v) is 5.54. The van der Waals surface area contributed by atoms with E-state index in [1.807, 2.05) is 0 Å². The monoisotopic (exact) mass is 356 g/mol. The molecule has 134 valence electrons. The fourth-order valence-electron chi connectivity index (χ4n) is 1.77. The van der Waals surface area contributed by atoms with Crippen LogP contribution in [-0.4, -0.2) is 21.5 Å². The molecule has 25 heavy (non-hydrogen) atoms. The van der Waals surface area contributed by atoms with Gasteiger partial charge in [0.05, 0.1) is 11.5 Å². The van der Waals surface area contributed by atoms with Gasteiger partial charge in [-0.3, -0.25) is 10.1 Å². The summed E-state index contributed by atoms with van der Waals surface area (Å²) in [5.74, 6) is -0.664. The Kier molecular flexibility index (Phi) is 5.40. The van der Waals surface area contributed by atoms with Crippen molar-refractivity contribution in [3.8, 4) is 5.88 Å². The van der Waals surface area contributed by atoms with Crippen molar-refractivity contribution >= 4 is 17.3 Å². The van der Waals surface area contributed by atoms with Crippen molar-refractivity contribution in [3.05, 3.63) is 46.1 Å². The number of non-ortho nitro benzene ring substituents is 1. The molecule has 1 heterocycles. The van der Waals surface area contributed by atoms with E-state index < -0.39 is 22.5 Å². The number of benzene rings is 1. The van der Waals surface area contributed by atoms with E-state index in [2.05, 4.69) is 15.3 Å². The van der Waals surface area contributed by atoms with E-state index in [-0.39, 0.29) is 24.2 Å². The first kappa shape index (κ1) is 18.4. The number of rotatable bonds is 6. The van der Waals surface area contributed by atoms with Gasteiger partial charge in [-0.25, -0.2) is 4.98 Å². The van der Waals surface area contributed by atoms with Crippen molar-refractivity contribution in [2.75, 3.05) is 11.9 Å². The topological polar surface area (TPSA) is 90.2 Å². The molecule has 1 aromatic heterocycles. The summed E-state index contributed by atoms with van der Waals surface area (Å²) < 4.78 is 44.2. The Labute approximate surface area is 141 Å². The molecule has 10 heteroatoms. The lowest BCUT2D eigenvalue weighted by Crippen LogP contribution is -2.14. The van der Waals surface area contributed by atoms with Gasteiger partial charge in [0, 0.05) is 24.0 Å². The minimum Gasteiger partial charge on any atom is -0.477 e. The second-order valence-electron chi connectivity index (χ2n) is 5.54. The molecule has 0 atom stereocenters. The predicted molar refractivity (Wildman–Crippen MR) is 83.7 cm³/mol. The van der Waals surface area contributed by atoms with Crippen LogP contribution < -0.4 is 10.1 Å². The highest BCUT2D eigenvalue weighted by Crippen LogP contribution is 2.35. The maximum atomic E-state index is 13.0. The minimum absolute atomic E-state index is 0.0159. The fourth-order valence-corrected chi connectivity index (χ4v) is 1.77. The Balaban J connectivity index is 2.26. The molecule has 0 bridgehead atoms. The maximum Gasteiger partial charge on any atom is 0.423 e. The number of ether oxygens (including phenoxy) is 1. The Bertz CT molecular complexity index is 749. The van der Waals surface area contributed by atoms with Gasteiger partial charge < -0.3 is 10.1 Å². The van der Waals surface area contributed by atoms with Gasteiger partial charge in [0.25, 0.3) is 5.69 Å². The molecule has 0 aliphatic rings. The van der Waals surface area contributed by atoms with E-state index in [9.17, 15) is 23.3 Å². The van der Waals surface area contributed by atoms with Gasteiger partial charge >= 0.3 is 6.18 Å². The SMILES string of the molecule is CC(C)COc1nc(Nc2ccc([N+](=O)[O-])cc2)ncc1C(F)(F)F. The Morgan fingerprint density at radius 2 is 1.92 bits per heavy atom. The third-order valence-electron chi connectivity index (χ3n) is 2.95. The van der Waals surface area contributed by atoms with Gasteiger partial charge in [-0.1, -0.05) is 13.8 Å². The summed E-state index contributed by atoms with van der Waals surface area (Å²) in [7, 11) is 0. The average Bonchev–Trinajstić information content (AvgIpc) is 2.52. The van der Waals surface area contributed by atoms with Gasteiger partial charge in [-0.2, -0.15) is 18.2 Å². The van der Waals surface area contributed by atoms with Crippen LogP contribution in [0.25, 0.3) is 0 Å². The Morgan fingerprint density at radius 3 is 2.44 bits per heavy atom. The number of nitro groups is 1. The van der Waals surface area contributed by atoms with Crippen molar-refractivity contribution < 1.29 is 22.8 Å². The van der Waals surface area contributed by atoms with Crippen molar-refractivity contribution in [3.63, 3.8) is 0 Å². The lowest BCUT2D eigenvalue weighted by atomic mass is 10.2. The van der Waals surface area contributed by atoms with Crippen molar-refractivity contribution in [1.82, 2.24) is 9.97 Å². The fraction of sp³-hybridized carbons (Fsp3) is 0.333. The molecule has 1 N–H and O–H groups in total. The first-order valence-corrected chi connectivity index (χ1v) is 7.25. The number of alkyl halides is 3. The molecule has 0 spiro atoms. The number of hydrogen-bond donors (Lipinski definition) is 1. The normalized spacial score (nSPS) is 11.4. The van der Waals surface area contributed by atoms with Crippen LogP contribution in [0.15, 0.2) is 30.5 Å². The molecule has 0 amide bonds. The van der Waals surface area contributed by atoms with E-state index >= 15 is 0 Å². The van der Waals surface area contributed by atoms with Crippen LogP contribution in [0.4, 0.5) is 30.5 Å². The third-order valence-corrected chi connectivity index (χ3v) is 2.95. The largest absolute Gasteiger partial charge is 0.477 e. The Morgan fingerprint density at radius 1 is 1.28 bits per heavy atom. The van der Waals surface area contributed by atoms with Gasteiger partial charge in [0.2, 0.25) is 11.8 Å². The number of nitrogens with one attached hydrogen (secondary N) is 1. The molecule has 0 unspecified atom stereocenters. The zero-order valence-corrected chi connectivity index (χ0v) is 13.4. The third kappa shape index (κ3) is 5.03. The summed E-state index contributed by atoms with van der Waals surface area (Å²) in [6.07, 6.45) is -4.01. The second kappa shape index (κ2) is 7.32. The molecule has 0 aliphatic heterocycles. The molecule has 7 nitrogen and oxygen atoms in total. The van der Waals surface area contributed by atoms with Crippen LogP contribution in [0.5, 0.6) is 5.88 Å². The molecule has 0 radical (unpaired) electrons. The number of nitro benzene ring substituents is 1. The van der Waals surface area contributed by atoms with Crippen LogP contribution in [0.3, 0.4) is 0 Å². The first-order chi connectivity index (χ1) is 11.7. The van der Waals surface area contributed by atoms with Crippen LogP contribution >= 0.6 is 0 Å². The molecule has 0 saturated carbocycles. The van der Waals surface area contributed by atoms with E-state index in [0.29, 0.717) is 11.9 Å². The molecular weight excluding hydrogens is 341 g/mol. The van der Waals surface area contributed by atoms with Crippen LogP contribution in [-0.2, 0) is 6.18 Å². The first-order valence-electron chi connectivity index (χ1n) is 7.25. The smallest absolute Gasteiger partial charge is 0.423 e. The molecule has 2 aromatic rings. The summed E-state index contributed by atoms with van der Waals surface area (Å²) in [5.41, 5.74) is -0.789. The van der Waals surface area contributed by atoms with Gasteiger partial charge in [0.1, 0.15) is 5.56 Å². The molecule has 0 saturated heterocycles. The molecule has 2 rings (SSSR count). The van der Waals surface area contributed by atoms with E-state index in [0.717, 1.165) is 0 Å². The maximum absolute atomic E-state index is 13.0. The zero-order valence-electron chi connectivity index (χ0n) is 13.4. The Hall–Kier alpha value is -2.91. The molecule has 0 fully saturated rings. The highest BCUT2D eigenvalue weighted by atomic mass is 19.4. The highest BCUT2D eigenvalue weighted by molar-refractivity contribution is 5.56. The van der Waals surface area contributed by atoms with Crippen molar-refractivity contribution in [2.45, 2.75) is 20.0 Å². The summed E-state index contributed by atoms with van der Waals surface area (Å²) in [6, 6.07) is 5.30. The standard InChI is InChI=1S/C15H15F3N4O3/c1-9(2)8-25-13-12(15(16,17)18)7-19-14(21-13)20-10-3-5-11(6-4-10)22(23)24/h3-7,9H,8H2,1-2H3,(H,19,20,21). The molecular formula is C15H15F3N4O3. The van der Waals surface area contributed by atoms with E-state index in [4.69, 9.17) is 4.74 Å². The molecule has 1 aromatic carbocycles. The van der Waals surface area contributed by atoms with Crippen molar-refractivity contribution in [1.29, 1.82) is 0 Å².